The van der Waals surface area contributed by atoms with Gasteiger partial charge in [0, 0.05) is 12.0 Å². The first-order valence-corrected chi connectivity index (χ1v) is 7.57. The standard InChI is InChI=1S/C18H26O/c1-6-17(19)13-10-15(12(2)3)14-8-7-9-18(4,5)16(14)11-13/h10-12H,6-9H2,1-5H3. The van der Waals surface area contributed by atoms with Gasteiger partial charge in [-0.2, -0.15) is 0 Å². The Kier molecular flexibility index (Phi) is 3.85. The van der Waals surface area contributed by atoms with Gasteiger partial charge in [-0.05, 0) is 59.4 Å². The third kappa shape index (κ3) is 2.61. The van der Waals surface area contributed by atoms with Crippen molar-refractivity contribution in [1.29, 1.82) is 0 Å². The van der Waals surface area contributed by atoms with E-state index < -0.39 is 0 Å². The highest BCUT2D eigenvalue weighted by Gasteiger charge is 2.30. The van der Waals surface area contributed by atoms with Gasteiger partial charge in [0.15, 0.2) is 5.78 Å². The average Bonchev–Trinajstić information content (AvgIpc) is 2.36. The third-order valence-corrected chi connectivity index (χ3v) is 4.51. The topological polar surface area (TPSA) is 17.1 Å². The second-order valence-corrected chi connectivity index (χ2v) is 6.76. The van der Waals surface area contributed by atoms with Crippen molar-refractivity contribution in [3.8, 4) is 0 Å². The number of benzene rings is 1. The molecule has 0 N–H and O–H groups in total. The Labute approximate surface area is 117 Å². The monoisotopic (exact) mass is 258 g/mol. The predicted octanol–water partition coefficient (Wildman–Crippen LogP) is 5.02. The molecule has 1 aliphatic rings. The summed E-state index contributed by atoms with van der Waals surface area (Å²) >= 11 is 0. The lowest BCUT2D eigenvalue weighted by Crippen LogP contribution is -2.26. The normalized spacial score (nSPS) is 17.4. The number of hydrogen-bond donors (Lipinski definition) is 0. The van der Waals surface area contributed by atoms with Crippen LogP contribution in [-0.4, -0.2) is 5.78 Å². The number of ketones is 1. The lowest BCUT2D eigenvalue weighted by Gasteiger charge is -2.35. The lowest BCUT2D eigenvalue weighted by molar-refractivity contribution is 0.0988. The summed E-state index contributed by atoms with van der Waals surface area (Å²) in [7, 11) is 0. The summed E-state index contributed by atoms with van der Waals surface area (Å²) in [5.41, 5.74) is 5.45. The molecule has 0 radical (unpaired) electrons. The number of fused-ring (bicyclic) bond motifs is 1. The van der Waals surface area contributed by atoms with E-state index in [1.807, 2.05) is 6.92 Å². The number of Topliss-reactive ketones (excluding diaryl/α,β-unsaturated/α-hetero) is 1. The molecule has 0 saturated carbocycles. The van der Waals surface area contributed by atoms with Crippen LogP contribution >= 0.6 is 0 Å². The smallest absolute Gasteiger partial charge is 0.162 e. The second-order valence-electron chi connectivity index (χ2n) is 6.76. The van der Waals surface area contributed by atoms with Gasteiger partial charge in [-0.25, -0.2) is 0 Å². The van der Waals surface area contributed by atoms with E-state index in [2.05, 4.69) is 39.8 Å². The van der Waals surface area contributed by atoms with E-state index in [4.69, 9.17) is 0 Å². The summed E-state index contributed by atoms with van der Waals surface area (Å²) < 4.78 is 0. The molecule has 1 nitrogen and oxygen atoms in total. The minimum absolute atomic E-state index is 0.210. The van der Waals surface area contributed by atoms with E-state index in [9.17, 15) is 4.79 Å². The van der Waals surface area contributed by atoms with Crippen LogP contribution < -0.4 is 0 Å². The Bertz CT molecular complexity index is 495. The maximum absolute atomic E-state index is 12.1. The fourth-order valence-corrected chi connectivity index (χ4v) is 3.30. The maximum atomic E-state index is 12.1. The molecule has 0 aliphatic heterocycles. The molecule has 0 amide bonds. The Morgan fingerprint density at radius 3 is 2.58 bits per heavy atom. The van der Waals surface area contributed by atoms with Gasteiger partial charge in [-0.1, -0.05) is 34.6 Å². The molecule has 104 valence electrons. The van der Waals surface area contributed by atoms with E-state index in [1.54, 1.807) is 0 Å². The van der Waals surface area contributed by atoms with Crippen LogP contribution in [0.4, 0.5) is 0 Å². The van der Waals surface area contributed by atoms with E-state index in [1.165, 1.54) is 36.0 Å². The van der Waals surface area contributed by atoms with Crippen LogP contribution in [0.2, 0.25) is 0 Å². The molecule has 2 rings (SSSR count). The van der Waals surface area contributed by atoms with Gasteiger partial charge in [0.1, 0.15) is 0 Å². The van der Waals surface area contributed by atoms with Crippen LogP contribution in [0.15, 0.2) is 12.1 Å². The van der Waals surface area contributed by atoms with Crippen molar-refractivity contribution in [2.75, 3.05) is 0 Å². The maximum Gasteiger partial charge on any atom is 0.162 e. The van der Waals surface area contributed by atoms with Crippen LogP contribution in [-0.2, 0) is 11.8 Å². The van der Waals surface area contributed by atoms with E-state index in [-0.39, 0.29) is 11.2 Å². The molecule has 19 heavy (non-hydrogen) atoms. The molecule has 1 aromatic rings. The molecular weight excluding hydrogens is 232 g/mol. The molecule has 0 atom stereocenters. The van der Waals surface area contributed by atoms with E-state index in [0.717, 1.165) is 5.56 Å². The van der Waals surface area contributed by atoms with Crippen molar-refractivity contribution in [1.82, 2.24) is 0 Å². The Hall–Kier alpha value is -1.11. The number of rotatable bonds is 3. The van der Waals surface area contributed by atoms with Gasteiger partial charge in [-0.3, -0.25) is 4.79 Å². The molecular formula is C18H26O. The van der Waals surface area contributed by atoms with Crippen molar-refractivity contribution in [3.05, 3.63) is 34.4 Å². The summed E-state index contributed by atoms with van der Waals surface area (Å²) in [6, 6.07) is 4.32. The lowest BCUT2D eigenvalue weighted by atomic mass is 9.70. The molecule has 0 bridgehead atoms. The highest BCUT2D eigenvalue weighted by Crippen LogP contribution is 2.40. The first-order valence-electron chi connectivity index (χ1n) is 7.57. The summed E-state index contributed by atoms with van der Waals surface area (Å²) in [6.45, 7) is 11.0. The molecule has 0 aromatic heterocycles. The Balaban J connectivity index is 2.65. The van der Waals surface area contributed by atoms with Gasteiger partial charge in [-0.15, -0.1) is 0 Å². The predicted molar refractivity (Wildman–Crippen MR) is 81.1 cm³/mol. The molecule has 1 heteroatoms. The van der Waals surface area contributed by atoms with Crippen LogP contribution in [0.3, 0.4) is 0 Å². The zero-order chi connectivity index (χ0) is 14.2. The Morgan fingerprint density at radius 1 is 1.32 bits per heavy atom. The highest BCUT2D eigenvalue weighted by atomic mass is 16.1. The zero-order valence-corrected chi connectivity index (χ0v) is 13.0. The van der Waals surface area contributed by atoms with Gasteiger partial charge < -0.3 is 0 Å². The van der Waals surface area contributed by atoms with Crippen molar-refractivity contribution < 1.29 is 4.79 Å². The molecule has 0 saturated heterocycles. The summed E-state index contributed by atoms with van der Waals surface area (Å²) in [5, 5.41) is 0. The fourth-order valence-electron chi connectivity index (χ4n) is 3.30. The molecule has 1 aliphatic carbocycles. The van der Waals surface area contributed by atoms with Crippen molar-refractivity contribution >= 4 is 5.78 Å². The number of carbonyl (C=O) groups excluding carboxylic acids is 1. The first kappa shape index (κ1) is 14.3. The summed E-state index contributed by atoms with van der Waals surface area (Å²) in [6.07, 6.45) is 4.26. The van der Waals surface area contributed by atoms with E-state index >= 15 is 0 Å². The largest absolute Gasteiger partial charge is 0.294 e. The molecule has 1 aromatic carbocycles. The van der Waals surface area contributed by atoms with E-state index in [0.29, 0.717) is 12.3 Å². The van der Waals surface area contributed by atoms with Gasteiger partial charge in [0.05, 0.1) is 0 Å². The number of carbonyl (C=O) groups is 1. The van der Waals surface area contributed by atoms with Crippen LogP contribution in [0, 0.1) is 0 Å². The van der Waals surface area contributed by atoms with Crippen LogP contribution in [0.1, 0.15) is 86.8 Å². The van der Waals surface area contributed by atoms with Gasteiger partial charge >= 0.3 is 0 Å². The molecule has 0 spiro atoms. The van der Waals surface area contributed by atoms with Gasteiger partial charge in [0.25, 0.3) is 0 Å². The summed E-state index contributed by atoms with van der Waals surface area (Å²) in [5.74, 6) is 0.762. The first-order chi connectivity index (χ1) is 8.86. The van der Waals surface area contributed by atoms with Crippen LogP contribution in [0.25, 0.3) is 0 Å². The van der Waals surface area contributed by atoms with Crippen molar-refractivity contribution in [3.63, 3.8) is 0 Å². The Morgan fingerprint density at radius 2 is 2.00 bits per heavy atom. The molecule has 0 fully saturated rings. The average molecular weight is 258 g/mol. The molecule has 0 unspecified atom stereocenters. The SMILES string of the molecule is CCC(=O)c1cc(C(C)C)c2c(c1)C(C)(C)CCC2. The third-order valence-electron chi connectivity index (χ3n) is 4.51. The number of hydrogen-bond acceptors (Lipinski definition) is 1. The summed E-state index contributed by atoms with van der Waals surface area (Å²) in [4.78, 5) is 12.1. The molecule has 0 heterocycles. The minimum atomic E-state index is 0.210. The zero-order valence-electron chi connectivity index (χ0n) is 13.0. The quantitative estimate of drug-likeness (QED) is 0.696. The fraction of sp³-hybridized carbons (Fsp3) is 0.611. The van der Waals surface area contributed by atoms with Crippen LogP contribution in [0.5, 0.6) is 0 Å². The van der Waals surface area contributed by atoms with Crippen molar-refractivity contribution in [2.24, 2.45) is 0 Å². The van der Waals surface area contributed by atoms with Gasteiger partial charge in [0.2, 0.25) is 0 Å². The minimum Gasteiger partial charge on any atom is -0.294 e. The second kappa shape index (κ2) is 5.11. The van der Waals surface area contributed by atoms with Crippen molar-refractivity contribution in [2.45, 2.75) is 71.6 Å². The highest BCUT2D eigenvalue weighted by molar-refractivity contribution is 5.96.